The summed E-state index contributed by atoms with van der Waals surface area (Å²) < 4.78 is -0.833. The molecule has 0 saturated carbocycles. The van der Waals surface area contributed by atoms with E-state index in [1.165, 1.54) is 0 Å². The second-order valence-corrected chi connectivity index (χ2v) is 5.77. The van der Waals surface area contributed by atoms with Gasteiger partial charge in [-0.1, -0.05) is 0 Å². The quantitative estimate of drug-likeness (QED) is 0.415. The third-order valence-corrected chi connectivity index (χ3v) is 0. The Hall–Kier alpha value is 0.842. The number of nitrogens with two attached hydrogens (primary N) is 1. The summed E-state index contributed by atoms with van der Waals surface area (Å²) in [5, 5.41) is 8.37. The second kappa shape index (κ2) is 1.53. The van der Waals surface area contributed by atoms with E-state index in [4.69, 9.17) is 10.8 Å². The molecule has 0 aliphatic carbocycles. The van der Waals surface area contributed by atoms with Crippen LogP contribution in [0.1, 0.15) is 6.92 Å². The van der Waals surface area contributed by atoms with Crippen LogP contribution in [-0.4, -0.2) is 34.2 Å². The molecule has 5 heavy (non-hydrogen) atoms. The molecule has 2 nitrogen and oxygen atoms in total. The Morgan fingerprint density at radius 2 is 2.00 bits per heavy atom. The molecule has 0 aliphatic heterocycles. The van der Waals surface area contributed by atoms with Crippen molar-refractivity contribution < 1.29 is 5.11 Å². The van der Waals surface area contributed by atoms with Crippen LogP contribution in [0.5, 0.6) is 0 Å². The van der Waals surface area contributed by atoms with E-state index in [0.29, 0.717) is 25.8 Å². The van der Waals surface area contributed by atoms with E-state index >= 15 is 0 Å². The zero-order valence-corrected chi connectivity index (χ0v) is 7.59. The van der Waals surface area contributed by atoms with Crippen molar-refractivity contribution in [2.24, 2.45) is 5.73 Å². The van der Waals surface area contributed by atoms with Gasteiger partial charge in [0.2, 0.25) is 0 Å². The van der Waals surface area contributed by atoms with Crippen LogP contribution in [0.25, 0.3) is 0 Å². The molecule has 0 aliphatic rings. The zero-order chi connectivity index (χ0) is 4.50. The predicted octanol–water partition coefficient (Wildman–Crippen LogP) is -1.49. The molecule has 3 N–H and O–H groups in total. The van der Waals surface area contributed by atoms with Crippen LogP contribution in [-0.2, 0) is 0 Å². The van der Waals surface area contributed by atoms with Gasteiger partial charge < -0.3 is 0 Å². The van der Waals surface area contributed by atoms with Gasteiger partial charge >= 0.3 is 46.8 Å². The first-order chi connectivity index (χ1) is 2.00. The van der Waals surface area contributed by atoms with Gasteiger partial charge in [-0.25, -0.2) is 0 Å². The predicted molar refractivity (Wildman–Crippen MR) is 22.0 cm³/mol. The molecule has 0 amide bonds. The molecule has 0 bridgehead atoms. The Labute approximate surface area is 47.0 Å². The maximum absolute atomic E-state index is 8.37. The van der Waals surface area contributed by atoms with Gasteiger partial charge in [0.25, 0.3) is 0 Å². The molecule has 0 fully saturated rings. The van der Waals surface area contributed by atoms with E-state index < -0.39 is 3.28 Å². The van der Waals surface area contributed by atoms with E-state index in [1.807, 2.05) is 0 Å². The average molecular weight is 268 g/mol. The molecule has 2 radical (unpaired) electrons. The van der Waals surface area contributed by atoms with Gasteiger partial charge in [-0.3, -0.25) is 0 Å². The molecule has 0 spiro atoms. The third-order valence-electron chi connectivity index (χ3n) is 0. The number of aliphatic hydroxyl groups is 1. The molecule has 1 atom stereocenters. The first-order valence-corrected chi connectivity index (χ1v) is 3.55. The van der Waals surface area contributed by atoms with Crippen molar-refractivity contribution in [1.82, 2.24) is 0 Å². The van der Waals surface area contributed by atoms with Crippen LogP contribution < -0.4 is 5.73 Å². The van der Waals surface area contributed by atoms with Crippen LogP contribution in [0.15, 0.2) is 0 Å². The Bertz CT molecular complexity index is 25.1. The van der Waals surface area contributed by atoms with Crippen molar-refractivity contribution in [2.45, 2.75) is 10.2 Å². The molecule has 0 aromatic carbocycles. The van der Waals surface area contributed by atoms with E-state index in [-0.39, 0.29) is 0 Å². The summed E-state index contributed by atoms with van der Waals surface area (Å²) in [7, 11) is 0. The van der Waals surface area contributed by atoms with E-state index in [1.54, 1.807) is 6.92 Å². The fourth-order valence-electron chi connectivity index (χ4n) is 0. The van der Waals surface area contributed by atoms with Gasteiger partial charge in [-0.05, 0) is 0 Å². The second-order valence-electron chi connectivity index (χ2n) is 1.23. The zero-order valence-electron chi connectivity index (χ0n) is 3.10. The Kier molecular flexibility index (Phi) is 1.78. The standard InChI is InChI=1S/C2H6NO.Pb.H/c1-2(3)4;;/h4H,3H2,1H3;;. The molecular formula is C2H7NOPb. The summed E-state index contributed by atoms with van der Waals surface area (Å²) in [6, 6.07) is 0. The van der Waals surface area contributed by atoms with Gasteiger partial charge in [0.1, 0.15) is 0 Å². The minimum absolute atomic E-state index is 0.465. The van der Waals surface area contributed by atoms with Crippen molar-refractivity contribution in [2.75, 3.05) is 0 Å². The topological polar surface area (TPSA) is 46.2 Å². The van der Waals surface area contributed by atoms with Gasteiger partial charge in [0, 0.05) is 0 Å². The van der Waals surface area contributed by atoms with Crippen molar-refractivity contribution in [3.8, 4) is 0 Å². The van der Waals surface area contributed by atoms with Gasteiger partial charge in [-0.15, -0.1) is 0 Å². The molecule has 3 heteroatoms. The van der Waals surface area contributed by atoms with E-state index in [0.717, 1.165) is 0 Å². The average Bonchev–Trinajstić information content (AvgIpc) is 0.722. The Morgan fingerprint density at radius 3 is 2.00 bits per heavy atom. The molecule has 0 saturated heterocycles. The summed E-state index contributed by atoms with van der Waals surface area (Å²) in [6.45, 7) is 1.59. The van der Waals surface area contributed by atoms with Crippen LogP contribution >= 0.6 is 0 Å². The monoisotopic (exact) mass is 269 g/mol. The number of rotatable bonds is 0. The van der Waals surface area contributed by atoms with Gasteiger partial charge in [0.05, 0.1) is 0 Å². The molecular weight excluding hydrogens is 261 g/mol. The molecule has 0 aromatic rings. The summed E-state index contributed by atoms with van der Waals surface area (Å²) in [6.07, 6.45) is 0. The normalized spacial score (nSPS) is 21.6. The van der Waals surface area contributed by atoms with Crippen LogP contribution in [0.4, 0.5) is 0 Å². The molecule has 0 heterocycles. The van der Waals surface area contributed by atoms with Crippen LogP contribution in [0.3, 0.4) is 0 Å². The number of hydrogen-bond acceptors (Lipinski definition) is 2. The summed E-state index contributed by atoms with van der Waals surface area (Å²) in [5.41, 5.74) is 4.98. The first kappa shape index (κ1) is 5.84. The SMILES string of the molecule is C[C](N)(O)[PbH]. The summed E-state index contributed by atoms with van der Waals surface area (Å²) in [5.74, 6) is 0. The third kappa shape index (κ3) is 55.2. The fraction of sp³-hybridized carbons (Fsp3) is 1.00. The van der Waals surface area contributed by atoms with Gasteiger partial charge in [-0.2, -0.15) is 0 Å². The van der Waals surface area contributed by atoms with Crippen LogP contribution in [0, 0.1) is 0 Å². The molecule has 0 rings (SSSR count). The molecule has 0 aromatic heterocycles. The van der Waals surface area contributed by atoms with Gasteiger partial charge in [0.15, 0.2) is 0 Å². The van der Waals surface area contributed by atoms with Crippen molar-refractivity contribution in [3.63, 3.8) is 0 Å². The Balaban J connectivity index is 3.02. The fourth-order valence-corrected chi connectivity index (χ4v) is 0. The van der Waals surface area contributed by atoms with Crippen molar-refractivity contribution in [3.05, 3.63) is 0 Å². The Morgan fingerprint density at radius 1 is 2.00 bits per heavy atom. The van der Waals surface area contributed by atoms with E-state index in [9.17, 15) is 0 Å². The molecule has 30 valence electrons. The minimum atomic E-state index is -0.833. The summed E-state index contributed by atoms with van der Waals surface area (Å²) in [4.78, 5) is 0. The number of hydrogen-bond donors (Lipinski definition) is 2. The van der Waals surface area contributed by atoms with Crippen molar-refractivity contribution >= 4 is 25.8 Å². The van der Waals surface area contributed by atoms with Crippen molar-refractivity contribution in [1.29, 1.82) is 0 Å². The summed E-state index contributed by atoms with van der Waals surface area (Å²) >= 11 is 0.465. The maximum atomic E-state index is 8.37. The van der Waals surface area contributed by atoms with E-state index in [2.05, 4.69) is 0 Å². The first-order valence-electron chi connectivity index (χ1n) is 1.30. The molecule has 1 unspecified atom stereocenters. The van der Waals surface area contributed by atoms with Crippen LogP contribution in [0.2, 0.25) is 0 Å².